The number of hydrogen-bond acceptors (Lipinski definition) is 0. The fourth-order valence-electron chi connectivity index (χ4n) is 8.30. The molecule has 0 amide bonds. The third-order valence-electron chi connectivity index (χ3n) is 10.6. The number of rotatable bonds is 2. The molecule has 8 aromatic rings. The van der Waals surface area contributed by atoms with Gasteiger partial charge in [-0.05, 0) is 129 Å². The van der Waals surface area contributed by atoms with Gasteiger partial charge in [0, 0.05) is 5.41 Å². The van der Waals surface area contributed by atoms with E-state index in [1.165, 1.54) is 99.1 Å². The first kappa shape index (κ1) is 24.9. The molecule has 2 aliphatic carbocycles. The summed E-state index contributed by atoms with van der Waals surface area (Å²) in [5.41, 5.74) is 16.1. The van der Waals surface area contributed by atoms with Gasteiger partial charge in [0.1, 0.15) is 0 Å². The van der Waals surface area contributed by atoms with Gasteiger partial charge in [0.15, 0.2) is 0 Å². The molecule has 0 nitrogen and oxygen atoms in total. The summed E-state index contributed by atoms with van der Waals surface area (Å²) in [6.45, 7) is 4.70. The quantitative estimate of drug-likeness (QED) is 0.194. The highest BCUT2D eigenvalue weighted by Crippen LogP contribution is 2.52. The van der Waals surface area contributed by atoms with E-state index in [1.54, 1.807) is 0 Å². The Balaban J connectivity index is 1.05. The Morgan fingerprint density at radius 1 is 0.356 bits per heavy atom. The van der Waals surface area contributed by atoms with Crippen molar-refractivity contribution in [1.82, 2.24) is 0 Å². The second-order valence-electron chi connectivity index (χ2n) is 13.3. The molecule has 10 rings (SSSR count). The van der Waals surface area contributed by atoms with Gasteiger partial charge in [-0.25, -0.2) is 0 Å². The van der Waals surface area contributed by atoms with Crippen LogP contribution in [-0.2, 0) is 5.41 Å². The highest BCUT2D eigenvalue weighted by molar-refractivity contribution is 6.16. The van der Waals surface area contributed by atoms with E-state index in [-0.39, 0.29) is 5.41 Å². The van der Waals surface area contributed by atoms with Gasteiger partial charge in [-0.1, -0.05) is 129 Å². The van der Waals surface area contributed by atoms with Crippen LogP contribution in [0.25, 0.3) is 88.0 Å². The molecule has 0 saturated carbocycles. The minimum absolute atomic E-state index is 0.0218. The lowest BCUT2D eigenvalue weighted by molar-refractivity contribution is 0.661. The lowest BCUT2D eigenvalue weighted by atomic mass is 9.82. The maximum absolute atomic E-state index is 2.39. The second kappa shape index (κ2) is 8.80. The Hall–Kier alpha value is -5.46. The third kappa shape index (κ3) is 3.43. The lowest BCUT2D eigenvalue weighted by Crippen LogP contribution is -2.14. The highest BCUT2D eigenvalue weighted by atomic mass is 14.4. The van der Waals surface area contributed by atoms with Crippen molar-refractivity contribution < 1.29 is 0 Å². The summed E-state index contributed by atoms with van der Waals surface area (Å²) in [5, 5.41) is 7.84. The molecule has 0 heterocycles. The summed E-state index contributed by atoms with van der Waals surface area (Å²) in [6, 6.07) is 54.7. The monoisotopic (exact) mass is 570 g/mol. The van der Waals surface area contributed by atoms with Crippen molar-refractivity contribution in [2.24, 2.45) is 0 Å². The molecular weight excluding hydrogens is 540 g/mol. The minimum atomic E-state index is 0.0218. The van der Waals surface area contributed by atoms with Crippen LogP contribution in [0.4, 0.5) is 0 Å². The third-order valence-corrected chi connectivity index (χ3v) is 10.6. The van der Waals surface area contributed by atoms with Crippen molar-refractivity contribution in [1.29, 1.82) is 0 Å². The molecule has 0 radical (unpaired) electrons. The number of fused-ring (bicyclic) bond motifs is 9. The van der Waals surface area contributed by atoms with Crippen LogP contribution < -0.4 is 0 Å². The summed E-state index contributed by atoms with van der Waals surface area (Å²) >= 11 is 0. The maximum Gasteiger partial charge on any atom is 0.0159 e. The largest absolute Gasteiger partial charge is 0.0619 e. The number of hydrogen-bond donors (Lipinski definition) is 0. The smallest absolute Gasteiger partial charge is 0.0159 e. The van der Waals surface area contributed by atoms with Crippen LogP contribution in [0.5, 0.6) is 0 Å². The lowest BCUT2D eigenvalue weighted by Gasteiger charge is -2.21. The van der Waals surface area contributed by atoms with Crippen molar-refractivity contribution in [3.05, 3.63) is 157 Å². The van der Waals surface area contributed by atoms with Crippen LogP contribution in [-0.4, -0.2) is 0 Å². The Kier molecular flexibility index (Phi) is 4.88. The minimum Gasteiger partial charge on any atom is -0.0619 e. The van der Waals surface area contributed by atoms with E-state index in [0.717, 1.165) is 0 Å². The van der Waals surface area contributed by atoms with Crippen LogP contribution in [0.1, 0.15) is 25.0 Å². The Labute approximate surface area is 263 Å². The molecule has 0 unspecified atom stereocenters. The standard InChI is InChI=1S/C45H30/c1-45(2)41-13-6-5-11-39(41)44-35-20-18-30(24-32(35)19-21-42(44)45)28-14-15-29-23-31(17-16-27(29)22-28)34-25-33-8-7-12-38-36-9-3-4-10-37(36)40(26-34)43(33)38/h3-26H,1-2H3. The van der Waals surface area contributed by atoms with E-state index < -0.39 is 0 Å². The van der Waals surface area contributed by atoms with Crippen molar-refractivity contribution in [2.75, 3.05) is 0 Å². The molecule has 0 heteroatoms. The molecule has 8 aromatic carbocycles. The van der Waals surface area contributed by atoms with Crippen molar-refractivity contribution in [2.45, 2.75) is 19.3 Å². The summed E-state index contributed by atoms with van der Waals surface area (Å²) < 4.78 is 0. The first-order chi connectivity index (χ1) is 22.0. The zero-order valence-electron chi connectivity index (χ0n) is 25.4. The van der Waals surface area contributed by atoms with Crippen LogP contribution in [0, 0.1) is 0 Å². The summed E-state index contributed by atoms with van der Waals surface area (Å²) in [5.74, 6) is 0. The van der Waals surface area contributed by atoms with Gasteiger partial charge in [-0.15, -0.1) is 0 Å². The van der Waals surface area contributed by atoms with E-state index >= 15 is 0 Å². The topological polar surface area (TPSA) is 0 Å². The summed E-state index contributed by atoms with van der Waals surface area (Å²) in [7, 11) is 0. The van der Waals surface area contributed by atoms with E-state index in [9.17, 15) is 0 Å². The van der Waals surface area contributed by atoms with Crippen LogP contribution >= 0.6 is 0 Å². The molecule has 2 aliphatic rings. The van der Waals surface area contributed by atoms with Gasteiger partial charge < -0.3 is 0 Å². The number of benzene rings is 8. The van der Waals surface area contributed by atoms with Gasteiger partial charge in [-0.2, -0.15) is 0 Å². The highest BCUT2D eigenvalue weighted by Gasteiger charge is 2.36. The average Bonchev–Trinajstić information content (AvgIpc) is 3.53. The normalized spacial score (nSPS) is 13.7. The van der Waals surface area contributed by atoms with Crippen molar-refractivity contribution in [3.63, 3.8) is 0 Å². The molecule has 0 saturated heterocycles. The predicted octanol–water partition coefficient (Wildman–Crippen LogP) is 12.4. The van der Waals surface area contributed by atoms with Crippen molar-refractivity contribution in [3.8, 4) is 55.6 Å². The van der Waals surface area contributed by atoms with Crippen LogP contribution in [0.2, 0.25) is 0 Å². The molecule has 0 aromatic heterocycles. The molecule has 0 aliphatic heterocycles. The SMILES string of the molecule is CC1(C)c2ccccc2-c2c1ccc1cc(-c3ccc4cc(-c5cc6c7c(cccc7c5)-c5ccccc5-6)ccc4c3)ccc21. The fraction of sp³-hybridized carbons (Fsp3) is 0.0667. The molecule has 0 spiro atoms. The Bertz CT molecular complexity index is 2560. The molecule has 0 N–H and O–H groups in total. The summed E-state index contributed by atoms with van der Waals surface area (Å²) in [6.07, 6.45) is 0. The predicted molar refractivity (Wildman–Crippen MR) is 192 cm³/mol. The Morgan fingerprint density at radius 2 is 0.933 bits per heavy atom. The van der Waals surface area contributed by atoms with E-state index in [2.05, 4.69) is 159 Å². The maximum atomic E-state index is 2.39. The van der Waals surface area contributed by atoms with Crippen LogP contribution in [0.3, 0.4) is 0 Å². The van der Waals surface area contributed by atoms with Gasteiger partial charge in [0.25, 0.3) is 0 Å². The van der Waals surface area contributed by atoms with E-state index in [4.69, 9.17) is 0 Å². The molecule has 210 valence electrons. The summed E-state index contributed by atoms with van der Waals surface area (Å²) in [4.78, 5) is 0. The molecule has 0 atom stereocenters. The fourth-order valence-corrected chi connectivity index (χ4v) is 8.30. The molecule has 45 heavy (non-hydrogen) atoms. The molecule has 0 bridgehead atoms. The molecular formula is C45H30. The van der Waals surface area contributed by atoms with Gasteiger partial charge in [0.05, 0.1) is 0 Å². The first-order valence-electron chi connectivity index (χ1n) is 15.9. The van der Waals surface area contributed by atoms with E-state index in [0.29, 0.717) is 0 Å². The van der Waals surface area contributed by atoms with Gasteiger partial charge in [-0.3, -0.25) is 0 Å². The Morgan fingerprint density at radius 3 is 1.71 bits per heavy atom. The van der Waals surface area contributed by atoms with Crippen LogP contribution in [0.15, 0.2) is 146 Å². The first-order valence-corrected chi connectivity index (χ1v) is 15.9. The van der Waals surface area contributed by atoms with Gasteiger partial charge in [0.2, 0.25) is 0 Å². The average molecular weight is 571 g/mol. The van der Waals surface area contributed by atoms with Crippen molar-refractivity contribution >= 4 is 32.3 Å². The zero-order chi connectivity index (χ0) is 29.9. The van der Waals surface area contributed by atoms with Gasteiger partial charge >= 0.3 is 0 Å². The molecule has 0 fully saturated rings. The second-order valence-corrected chi connectivity index (χ2v) is 13.3. The van der Waals surface area contributed by atoms with E-state index in [1.807, 2.05) is 0 Å². The zero-order valence-corrected chi connectivity index (χ0v) is 25.4.